The molecule has 8 rings (SSSR count). The Hall–Kier alpha value is -5.72. The molecule has 424 valence electrons. The predicted octanol–water partition coefficient (Wildman–Crippen LogP) is 7.18. The minimum atomic E-state index is -3.62. The third-order valence-electron chi connectivity index (χ3n) is 12.9. The third-order valence-corrected chi connectivity index (χ3v) is 14.7. The van der Waals surface area contributed by atoms with Crippen LogP contribution < -0.4 is 24.2 Å². The molecule has 4 atom stereocenters. The number of methoxy groups -OCH3 is 2. The van der Waals surface area contributed by atoms with Gasteiger partial charge in [0.2, 0.25) is 31.9 Å². The molecule has 0 radical (unpaired) electrons. The normalized spacial score (nSPS) is 19.9. The number of fused-ring (bicyclic) bond motifs is 4. The van der Waals surface area contributed by atoms with Crippen molar-refractivity contribution in [2.45, 2.75) is 63.6 Å². The molecule has 0 aromatic heterocycles. The third kappa shape index (κ3) is 16.9. The first-order valence-corrected chi connectivity index (χ1v) is 29.1. The van der Waals surface area contributed by atoms with Gasteiger partial charge in [0.05, 0.1) is 72.3 Å². The highest BCUT2D eigenvalue weighted by molar-refractivity contribution is 7.92. The number of ether oxygens (including phenoxy) is 3. The van der Waals surface area contributed by atoms with E-state index in [4.69, 9.17) is 37.4 Å². The molecule has 4 aromatic rings. The molecule has 4 unspecified atom stereocenters. The molecule has 4 aromatic carbocycles. The van der Waals surface area contributed by atoms with Gasteiger partial charge in [0, 0.05) is 88.7 Å². The fourth-order valence-corrected chi connectivity index (χ4v) is 11.5. The average Bonchev–Trinajstić information content (AvgIpc) is 3.35. The van der Waals surface area contributed by atoms with Crippen LogP contribution in [0.3, 0.4) is 0 Å². The van der Waals surface area contributed by atoms with Crippen LogP contribution in [0.15, 0.2) is 84.9 Å². The van der Waals surface area contributed by atoms with E-state index in [1.54, 1.807) is 73.0 Å². The van der Waals surface area contributed by atoms with Crippen molar-refractivity contribution in [3.63, 3.8) is 0 Å². The van der Waals surface area contributed by atoms with Crippen LogP contribution >= 0.6 is 35.6 Å². The van der Waals surface area contributed by atoms with Gasteiger partial charge in [-0.1, -0.05) is 47.5 Å². The maximum absolute atomic E-state index is 13.7. The fraction of sp³-hybridized carbons (Fsp3) is 0.415. The summed E-state index contributed by atoms with van der Waals surface area (Å²) in [5.41, 5.74) is 2.63. The summed E-state index contributed by atoms with van der Waals surface area (Å²) in [6.07, 6.45) is 7.56. The fourth-order valence-electron chi connectivity index (χ4n) is 9.85. The lowest BCUT2D eigenvalue weighted by atomic mass is 9.99. The van der Waals surface area contributed by atoms with E-state index >= 15 is 0 Å². The van der Waals surface area contributed by atoms with Crippen molar-refractivity contribution in [2.24, 2.45) is 0 Å². The van der Waals surface area contributed by atoms with Crippen LogP contribution in [-0.2, 0) is 47.5 Å². The van der Waals surface area contributed by atoms with Gasteiger partial charge in [-0.05, 0) is 92.6 Å². The number of nitrogens with one attached hydrogen (secondary N) is 3. The predicted molar refractivity (Wildman–Crippen MR) is 301 cm³/mol. The first-order chi connectivity index (χ1) is 36.2. The van der Waals surface area contributed by atoms with Gasteiger partial charge in [-0.25, -0.2) is 30.4 Å². The van der Waals surface area contributed by atoms with Crippen molar-refractivity contribution in [3.05, 3.63) is 129 Å². The van der Waals surface area contributed by atoms with Gasteiger partial charge in [-0.15, -0.1) is 12.4 Å². The van der Waals surface area contributed by atoms with Gasteiger partial charge >= 0.3 is 6.09 Å². The van der Waals surface area contributed by atoms with Crippen LogP contribution in [0.2, 0.25) is 10.0 Å². The molecule has 25 heteroatoms. The second-order valence-corrected chi connectivity index (χ2v) is 24.7. The lowest BCUT2D eigenvalue weighted by molar-refractivity contribution is -0.141. The number of piperazine rings is 4. The minimum absolute atomic E-state index is 0. The van der Waals surface area contributed by atoms with E-state index in [0.717, 1.165) is 23.6 Å². The first kappa shape index (κ1) is 61.5. The molecular weight excluding hydrogens is 1120 g/mol. The highest BCUT2D eigenvalue weighted by Gasteiger charge is 2.44. The second-order valence-electron chi connectivity index (χ2n) is 20.4. The number of sulfonamides is 2. The van der Waals surface area contributed by atoms with E-state index in [-0.39, 0.29) is 94.5 Å². The Morgan fingerprint density at radius 3 is 1.37 bits per heavy atom. The number of anilines is 2. The standard InChI is InChI=1S/C29H36ClFN4O6S.C24H28ClFN4O4S.ClH/c1-29(2,3)41-28(37)34-17-22-15-33(14-19-6-9-21(31)10-7-19)16-23(18-34)35(22)27(36)11-8-20-12-26(40-4)24(30)13-25(20)32-42(5,38)39;1-34-23-9-17(22(10-21(23)25)28-35(2,32)33)5-8-24(31)30-19-11-27-12-20(30)15-29(14-19)13-16-3-6-18(26)7-4-16;/h6-13,22-23,32H,14-18H2,1-5H3;3-10,19-20,27-28H,11-15H2,1-2H3;1H/b11-8+;8-5+;. The first-order valence-electron chi connectivity index (χ1n) is 24.6. The van der Waals surface area contributed by atoms with E-state index in [1.807, 2.05) is 4.90 Å². The summed E-state index contributed by atoms with van der Waals surface area (Å²) in [5.74, 6) is -0.309. The number of carbonyl (C=O) groups excluding carboxylic acids is 3. The van der Waals surface area contributed by atoms with Crippen molar-refractivity contribution < 1.29 is 54.2 Å². The average molecular weight is 1180 g/mol. The maximum Gasteiger partial charge on any atom is 0.410 e. The van der Waals surface area contributed by atoms with Crippen molar-refractivity contribution >= 4 is 97.1 Å². The Bertz CT molecular complexity index is 3070. The van der Waals surface area contributed by atoms with E-state index in [9.17, 15) is 40.0 Å². The number of hydrogen-bond acceptors (Lipinski definition) is 13. The summed E-state index contributed by atoms with van der Waals surface area (Å²) in [4.78, 5) is 49.6. The summed E-state index contributed by atoms with van der Waals surface area (Å²) in [7, 11) is -4.28. The van der Waals surface area contributed by atoms with Crippen molar-refractivity contribution in [3.8, 4) is 11.5 Å². The zero-order chi connectivity index (χ0) is 56.0. The summed E-state index contributed by atoms with van der Waals surface area (Å²) in [5, 5.41) is 3.85. The molecule has 0 saturated carbocycles. The van der Waals surface area contributed by atoms with Crippen LogP contribution in [0, 0.1) is 11.6 Å². The molecule has 4 heterocycles. The zero-order valence-corrected chi connectivity index (χ0v) is 48.1. The number of carbonyl (C=O) groups is 3. The summed E-state index contributed by atoms with van der Waals surface area (Å²) >= 11 is 12.4. The van der Waals surface area contributed by atoms with Gasteiger partial charge in [-0.2, -0.15) is 0 Å². The second kappa shape index (κ2) is 26.0. The Labute approximate surface area is 471 Å². The quantitative estimate of drug-likeness (QED) is 0.107. The highest BCUT2D eigenvalue weighted by atomic mass is 35.5. The Balaban J connectivity index is 0.000000253. The van der Waals surface area contributed by atoms with Crippen LogP contribution in [0.5, 0.6) is 11.5 Å². The molecule has 4 fully saturated rings. The lowest BCUT2D eigenvalue weighted by Gasteiger charge is -2.52. The van der Waals surface area contributed by atoms with E-state index < -0.39 is 31.7 Å². The zero-order valence-electron chi connectivity index (χ0n) is 44.2. The summed E-state index contributed by atoms with van der Waals surface area (Å²) < 4.78 is 95.1. The molecule has 78 heavy (non-hydrogen) atoms. The Morgan fingerprint density at radius 1 is 0.641 bits per heavy atom. The van der Waals surface area contributed by atoms with Gasteiger partial charge in [0.1, 0.15) is 28.7 Å². The SMILES string of the molecule is COc1cc(/C=C/C(=O)N2C3CN(Cc4ccc(F)cc4)CC2CN(C(=O)OC(C)(C)C)C3)c(NS(C)(=O)=O)cc1Cl.COc1cc(/C=C/C(=O)N2C3CNCC2CN(Cc2ccc(F)cc2)C3)c(NS(C)(=O)=O)cc1Cl.Cl. The molecule has 4 saturated heterocycles. The van der Waals surface area contributed by atoms with Gasteiger partial charge in [-0.3, -0.25) is 28.8 Å². The van der Waals surface area contributed by atoms with Crippen LogP contribution in [-0.4, -0.2) is 168 Å². The Morgan fingerprint density at radius 2 is 1.01 bits per heavy atom. The number of nitrogens with zero attached hydrogens (tertiary/aromatic N) is 5. The monoisotopic (exact) mass is 1180 g/mol. The van der Waals surface area contributed by atoms with Crippen molar-refractivity contribution in [1.82, 2.24) is 29.8 Å². The molecule has 3 N–H and O–H groups in total. The topological polar surface area (TPSA) is 199 Å². The van der Waals surface area contributed by atoms with Crippen molar-refractivity contribution in [1.29, 1.82) is 0 Å². The number of rotatable bonds is 14. The molecule has 4 aliphatic heterocycles. The smallest absolute Gasteiger partial charge is 0.410 e. The number of hydrogen-bond donors (Lipinski definition) is 3. The minimum Gasteiger partial charge on any atom is -0.495 e. The number of amides is 3. The highest BCUT2D eigenvalue weighted by Crippen LogP contribution is 2.35. The van der Waals surface area contributed by atoms with E-state index in [0.29, 0.717) is 75.0 Å². The van der Waals surface area contributed by atoms with Crippen molar-refractivity contribution in [2.75, 3.05) is 88.5 Å². The lowest BCUT2D eigenvalue weighted by Crippen LogP contribution is -2.70. The van der Waals surface area contributed by atoms with Gasteiger partial charge < -0.3 is 34.2 Å². The van der Waals surface area contributed by atoms with Crippen LogP contribution in [0.25, 0.3) is 12.2 Å². The van der Waals surface area contributed by atoms with E-state index in [1.165, 1.54) is 68.8 Å². The van der Waals surface area contributed by atoms with Gasteiger partial charge in [0.15, 0.2) is 0 Å². The molecule has 4 aliphatic rings. The van der Waals surface area contributed by atoms with Crippen LogP contribution in [0.4, 0.5) is 25.0 Å². The molecule has 0 spiro atoms. The van der Waals surface area contributed by atoms with E-state index in [2.05, 4.69) is 24.6 Å². The number of halogens is 5. The molecule has 18 nitrogen and oxygen atoms in total. The molecule has 4 bridgehead atoms. The largest absolute Gasteiger partial charge is 0.495 e. The number of benzene rings is 4. The summed E-state index contributed by atoms with van der Waals surface area (Å²) in [6.45, 7) is 10.9. The van der Waals surface area contributed by atoms with Gasteiger partial charge in [0.25, 0.3) is 0 Å². The Kier molecular flexibility index (Phi) is 20.5. The molecule has 3 amide bonds. The molecule has 0 aliphatic carbocycles. The molecular formula is C53H65Cl3F2N8O10S2. The summed E-state index contributed by atoms with van der Waals surface area (Å²) in [6, 6.07) is 18.1. The van der Waals surface area contributed by atoms with Crippen LogP contribution in [0.1, 0.15) is 43.0 Å². The maximum atomic E-state index is 13.7.